The summed E-state index contributed by atoms with van der Waals surface area (Å²) in [5.74, 6) is -1.87. The van der Waals surface area contributed by atoms with E-state index in [0.717, 1.165) is 28.8 Å². The summed E-state index contributed by atoms with van der Waals surface area (Å²) in [6.07, 6.45) is 0. The van der Waals surface area contributed by atoms with Gasteiger partial charge in [-0.15, -0.1) is 0 Å². The molecule has 0 bridgehead atoms. The zero-order chi connectivity index (χ0) is 15.6. The Hall–Kier alpha value is -2.23. The van der Waals surface area contributed by atoms with Gasteiger partial charge in [0.2, 0.25) is 0 Å². The molecule has 0 unspecified atom stereocenters. The van der Waals surface area contributed by atoms with Gasteiger partial charge < -0.3 is 4.74 Å². The Labute approximate surface area is 122 Å². The number of Topliss-reactive ketones (excluding diaryl/α,β-unsaturated/α-hetero) is 1. The normalized spacial score (nSPS) is 10.5. The molecule has 21 heavy (non-hydrogen) atoms. The molecule has 2 nitrogen and oxygen atoms in total. The van der Waals surface area contributed by atoms with Gasteiger partial charge in [0.25, 0.3) is 0 Å². The van der Waals surface area contributed by atoms with Crippen molar-refractivity contribution in [3.05, 3.63) is 64.2 Å². The fraction of sp³-hybridized carbons (Fsp3) is 0.235. The summed E-state index contributed by atoms with van der Waals surface area (Å²) in [5, 5.41) is 0. The van der Waals surface area contributed by atoms with Crippen molar-refractivity contribution in [1.29, 1.82) is 0 Å². The molecule has 2 aromatic carbocycles. The molecule has 2 aromatic rings. The molecule has 0 fully saturated rings. The third kappa shape index (κ3) is 3.45. The Morgan fingerprint density at radius 3 is 2.33 bits per heavy atom. The maximum atomic E-state index is 13.4. The van der Waals surface area contributed by atoms with Gasteiger partial charge >= 0.3 is 0 Å². The average Bonchev–Trinajstić information content (AvgIpc) is 2.41. The Morgan fingerprint density at radius 1 is 1.00 bits per heavy atom. The van der Waals surface area contributed by atoms with Crippen LogP contribution in [-0.4, -0.2) is 12.4 Å². The van der Waals surface area contributed by atoms with Crippen molar-refractivity contribution in [3.63, 3.8) is 0 Å². The minimum Gasteiger partial charge on any atom is -0.482 e. The Bertz CT molecular complexity index is 693. The monoisotopic (exact) mass is 290 g/mol. The van der Waals surface area contributed by atoms with Crippen molar-refractivity contribution in [2.45, 2.75) is 20.8 Å². The van der Waals surface area contributed by atoms with Gasteiger partial charge in [-0.05, 0) is 55.7 Å². The summed E-state index contributed by atoms with van der Waals surface area (Å²) in [6.45, 7) is 5.46. The topological polar surface area (TPSA) is 26.3 Å². The number of hydrogen-bond donors (Lipinski definition) is 0. The molecule has 4 heteroatoms. The van der Waals surface area contributed by atoms with Crippen molar-refractivity contribution < 1.29 is 18.3 Å². The van der Waals surface area contributed by atoms with Crippen molar-refractivity contribution in [1.82, 2.24) is 0 Å². The van der Waals surface area contributed by atoms with E-state index in [2.05, 4.69) is 0 Å². The second-order valence-corrected chi connectivity index (χ2v) is 5.04. The predicted octanol–water partition coefficient (Wildman–Crippen LogP) is 4.15. The van der Waals surface area contributed by atoms with Crippen molar-refractivity contribution in [3.8, 4) is 5.75 Å². The van der Waals surface area contributed by atoms with Crippen LogP contribution in [0.4, 0.5) is 8.78 Å². The average molecular weight is 290 g/mol. The highest BCUT2D eigenvalue weighted by Crippen LogP contribution is 2.19. The highest BCUT2D eigenvalue weighted by molar-refractivity contribution is 5.98. The van der Waals surface area contributed by atoms with Crippen molar-refractivity contribution >= 4 is 5.78 Å². The number of benzene rings is 2. The molecule has 0 aliphatic heterocycles. The number of halogens is 2. The van der Waals surface area contributed by atoms with Crippen LogP contribution in [0.5, 0.6) is 5.75 Å². The Balaban J connectivity index is 2.13. The summed E-state index contributed by atoms with van der Waals surface area (Å²) in [4.78, 5) is 12.2. The molecule has 0 aliphatic rings. The van der Waals surface area contributed by atoms with E-state index >= 15 is 0 Å². The molecule has 0 heterocycles. The highest BCUT2D eigenvalue weighted by Gasteiger charge is 2.13. The van der Waals surface area contributed by atoms with Gasteiger partial charge in [0.05, 0.1) is 0 Å². The van der Waals surface area contributed by atoms with Gasteiger partial charge in [-0.3, -0.25) is 4.79 Å². The predicted molar refractivity (Wildman–Crippen MR) is 76.8 cm³/mol. The fourth-order valence-electron chi connectivity index (χ4n) is 2.07. The molecule has 2 rings (SSSR count). The molecule has 0 saturated heterocycles. The van der Waals surface area contributed by atoms with Gasteiger partial charge in [-0.2, -0.15) is 0 Å². The van der Waals surface area contributed by atoms with E-state index in [1.165, 1.54) is 6.07 Å². The van der Waals surface area contributed by atoms with Crippen molar-refractivity contribution in [2.24, 2.45) is 0 Å². The van der Waals surface area contributed by atoms with Crippen LogP contribution in [-0.2, 0) is 0 Å². The molecule has 0 radical (unpaired) electrons. The molecule has 0 spiro atoms. The summed E-state index contributed by atoms with van der Waals surface area (Å²) in [6, 6.07) is 6.72. The number of carbonyl (C=O) groups excluding carboxylic acids is 1. The van der Waals surface area contributed by atoms with Crippen LogP contribution in [0.25, 0.3) is 0 Å². The first-order valence-corrected chi connectivity index (χ1v) is 6.57. The summed E-state index contributed by atoms with van der Waals surface area (Å²) in [5.41, 5.74) is 3.53. The molecule has 0 aromatic heterocycles. The first-order chi connectivity index (χ1) is 9.88. The lowest BCUT2D eigenvalue weighted by molar-refractivity contribution is 0.0918. The minimum absolute atomic E-state index is 0.133. The largest absolute Gasteiger partial charge is 0.482 e. The zero-order valence-electron chi connectivity index (χ0n) is 12.2. The number of aryl methyl sites for hydroxylation is 3. The lowest BCUT2D eigenvalue weighted by Crippen LogP contribution is -2.14. The number of ether oxygens (including phenoxy) is 1. The van der Waals surface area contributed by atoms with Gasteiger partial charge in [0.15, 0.2) is 24.0 Å². The summed E-state index contributed by atoms with van der Waals surface area (Å²) >= 11 is 0. The van der Waals surface area contributed by atoms with E-state index in [0.29, 0.717) is 5.56 Å². The smallest absolute Gasteiger partial charge is 0.200 e. The first-order valence-electron chi connectivity index (χ1n) is 6.57. The molecule has 0 saturated carbocycles. The van der Waals surface area contributed by atoms with E-state index < -0.39 is 11.6 Å². The standard InChI is InChI=1S/C17H16F2O2/c1-10-6-12(3)14(7-11(10)2)16(20)9-21-17-5-4-13(18)8-15(17)19/h4-8H,9H2,1-3H3. The Kier molecular flexibility index (Phi) is 4.36. The number of carbonyl (C=O) groups is 1. The number of rotatable bonds is 4. The number of ketones is 1. The van der Waals surface area contributed by atoms with Gasteiger partial charge in [-0.1, -0.05) is 6.07 Å². The Morgan fingerprint density at radius 2 is 1.67 bits per heavy atom. The molecular formula is C17H16F2O2. The number of hydrogen-bond acceptors (Lipinski definition) is 2. The van der Waals surface area contributed by atoms with Crippen LogP contribution in [0.3, 0.4) is 0 Å². The molecule has 0 amide bonds. The van der Waals surface area contributed by atoms with E-state index in [4.69, 9.17) is 4.74 Å². The lowest BCUT2D eigenvalue weighted by atomic mass is 9.98. The van der Waals surface area contributed by atoms with Crippen LogP contribution in [0.1, 0.15) is 27.0 Å². The summed E-state index contributed by atoms with van der Waals surface area (Å²) < 4.78 is 31.3. The maximum absolute atomic E-state index is 13.4. The van der Waals surface area contributed by atoms with Crippen LogP contribution in [0, 0.1) is 32.4 Å². The third-order valence-electron chi connectivity index (χ3n) is 3.39. The minimum atomic E-state index is -0.820. The van der Waals surface area contributed by atoms with E-state index in [9.17, 15) is 13.6 Å². The summed E-state index contributed by atoms with van der Waals surface area (Å²) in [7, 11) is 0. The molecule has 0 aliphatic carbocycles. The zero-order valence-corrected chi connectivity index (χ0v) is 12.2. The molecule has 0 N–H and O–H groups in total. The van der Waals surface area contributed by atoms with Crippen molar-refractivity contribution in [2.75, 3.05) is 6.61 Å². The second kappa shape index (κ2) is 6.04. The van der Waals surface area contributed by atoms with E-state index in [1.54, 1.807) is 6.07 Å². The maximum Gasteiger partial charge on any atom is 0.200 e. The van der Waals surface area contributed by atoms with Crippen LogP contribution >= 0.6 is 0 Å². The SMILES string of the molecule is Cc1cc(C)c(C(=O)COc2ccc(F)cc2F)cc1C. The highest BCUT2D eigenvalue weighted by atomic mass is 19.1. The first kappa shape index (κ1) is 15.2. The molecule has 110 valence electrons. The van der Waals surface area contributed by atoms with Crippen LogP contribution in [0.2, 0.25) is 0 Å². The third-order valence-corrected chi connectivity index (χ3v) is 3.39. The van der Waals surface area contributed by atoms with Gasteiger partial charge in [0.1, 0.15) is 5.82 Å². The lowest BCUT2D eigenvalue weighted by Gasteiger charge is -2.10. The van der Waals surface area contributed by atoms with E-state index in [1.807, 2.05) is 26.8 Å². The fourth-order valence-corrected chi connectivity index (χ4v) is 2.07. The van der Waals surface area contributed by atoms with Gasteiger partial charge in [-0.25, -0.2) is 8.78 Å². The van der Waals surface area contributed by atoms with Crippen LogP contribution < -0.4 is 4.74 Å². The second-order valence-electron chi connectivity index (χ2n) is 5.04. The van der Waals surface area contributed by atoms with E-state index in [-0.39, 0.29) is 18.1 Å². The quantitative estimate of drug-likeness (QED) is 0.791. The van der Waals surface area contributed by atoms with Crippen LogP contribution in [0.15, 0.2) is 30.3 Å². The molecule has 0 atom stereocenters. The molecular weight excluding hydrogens is 274 g/mol. The van der Waals surface area contributed by atoms with Gasteiger partial charge in [0, 0.05) is 11.6 Å².